The summed E-state index contributed by atoms with van der Waals surface area (Å²) in [6.07, 6.45) is 3.01. The molecule has 0 unspecified atom stereocenters. The van der Waals surface area contributed by atoms with Crippen LogP contribution in [0.2, 0.25) is 0 Å². The van der Waals surface area contributed by atoms with Gasteiger partial charge < -0.3 is 4.98 Å². The van der Waals surface area contributed by atoms with Gasteiger partial charge in [0, 0.05) is 17.4 Å². The van der Waals surface area contributed by atoms with Gasteiger partial charge in [0.15, 0.2) is 0 Å². The van der Waals surface area contributed by atoms with Gasteiger partial charge in [0.1, 0.15) is 5.82 Å². The topological polar surface area (TPSA) is 45.8 Å². The van der Waals surface area contributed by atoms with Gasteiger partial charge in [-0.1, -0.05) is 54.9 Å². The van der Waals surface area contributed by atoms with Crippen LogP contribution in [-0.2, 0) is 17.3 Å². The molecule has 0 saturated heterocycles. The first kappa shape index (κ1) is 15.9. The van der Waals surface area contributed by atoms with Crippen LogP contribution in [0.5, 0.6) is 0 Å². The molecule has 1 N–H and O–H groups in total. The van der Waals surface area contributed by atoms with Crippen molar-refractivity contribution in [3.8, 4) is 0 Å². The number of hydrogen-bond donors (Lipinski definition) is 1. The van der Waals surface area contributed by atoms with Crippen molar-refractivity contribution >= 4 is 0 Å². The van der Waals surface area contributed by atoms with Gasteiger partial charge in [-0.25, -0.2) is 4.98 Å². The Morgan fingerprint density at radius 1 is 1.05 bits per heavy atom. The largest absolute Gasteiger partial charge is 0.310 e. The van der Waals surface area contributed by atoms with Crippen molar-refractivity contribution in [3.05, 3.63) is 27.4 Å². The van der Waals surface area contributed by atoms with E-state index in [4.69, 9.17) is 4.98 Å². The van der Waals surface area contributed by atoms with E-state index < -0.39 is 0 Å². The Labute approximate surface area is 116 Å². The molecule has 0 amide bonds. The highest BCUT2D eigenvalue weighted by molar-refractivity contribution is 5.30. The van der Waals surface area contributed by atoms with Crippen LogP contribution in [0.1, 0.15) is 78.4 Å². The van der Waals surface area contributed by atoms with Crippen molar-refractivity contribution in [1.29, 1.82) is 0 Å². The van der Waals surface area contributed by atoms with Crippen LogP contribution in [0, 0.1) is 0 Å². The SMILES string of the molecule is CCCCc1nc(C(C)(C)C)c(C(C)(C)C)c(=O)[nH]1. The fourth-order valence-electron chi connectivity index (χ4n) is 2.22. The van der Waals surface area contributed by atoms with E-state index in [-0.39, 0.29) is 16.4 Å². The number of aromatic nitrogens is 2. The summed E-state index contributed by atoms with van der Waals surface area (Å²) in [6, 6.07) is 0. The lowest BCUT2D eigenvalue weighted by molar-refractivity contribution is 0.500. The molecule has 0 aliphatic carbocycles. The predicted molar refractivity (Wildman–Crippen MR) is 80.9 cm³/mol. The van der Waals surface area contributed by atoms with Gasteiger partial charge in [-0.2, -0.15) is 0 Å². The third-order valence-corrected chi connectivity index (χ3v) is 3.20. The molecule has 0 aliphatic heterocycles. The molecule has 1 aromatic heterocycles. The number of hydrogen-bond acceptors (Lipinski definition) is 2. The first-order valence-electron chi connectivity index (χ1n) is 7.21. The van der Waals surface area contributed by atoms with E-state index in [1.807, 2.05) is 0 Å². The summed E-state index contributed by atoms with van der Waals surface area (Å²) < 4.78 is 0. The molecule has 1 aromatic rings. The lowest BCUT2D eigenvalue weighted by Crippen LogP contribution is -2.33. The van der Waals surface area contributed by atoms with Gasteiger partial charge in [-0.3, -0.25) is 4.79 Å². The highest BCUT2D eigenvalue weighted by Gasteiger charge is 2.29. The minimum Gasteiger partial charge on any atom is -0.310 e. The zero-order valence-electron chi connectivity index (χ0n) is 13.5. The molecule has 3 nitrogen and oxygen atoms in total. The molecule has 3 heteroatoms. The van der Waals surface area contributed by atoms with Gasteiger partial charge in [-0.15, -0.1) is 0 Å². The molecule has 1 heterocycles. The minimum absolute atomic E-state index is 0.0264. The molecule has 0 aliphatic rings. The second-order valence-corrected chi connectivity index (χ2v) is 7.34. The fraction of sp³-hybridized carbons (Fsp3) is 0.750. The van der Waals surface area contributed by atoms with E-state index in [0.29, 0.717) is 0 Å². The summed E-state index contributed by atoms with van der Waals surface area (Å²) in [5.74, 6) is 0.824. The van der Waals surface area contributed by atoms with Gasteiger partial charge in [0.05, 0.1) is 5.69 Å². The minimum atomic E-state index is -0.188. The van der Waals surface area contributed by atoms with E-state index in [9.17, 15) is 4.79 Å². The monoisotopic (exact) mass is 264 g/mol. The number of aromatic amines is 1. The average Bonchev–Trinajstić information content (AvgIpc) is 2.22. The van der Waals surface area contributed by atoms with Crippen molar-refractivity contribution in [2.75, 3.05) is 0 Å². The van der Waals surface area contributed by atoms with Gasteiger partial charge in [-0.05, 0) is 11.8 Å². The first-order valence-corrected chi connectivity index (χ1v) is 7.21. The number of nitrogens with one attached hydrogen (secondary N) is 1. The standard InChI is InChI=1S/C16H28N2O/c1-8-9-10-11-17-13(16(5,6)7)12(14(19)18-11)15(2,3)4/h8-10H2,1-7H3,(H,17,18,19). The van der Waals surface area contributed by atoms with Crippen LogP contribution >= 0.6 is 0 Å². The third kappa shape index (κ3) is 3.92. The summed E-state index contributed by atoms with van der Waals surface area (Å²) in [6.45, 7) is 14.7. The Morgan fingerprint density at radius 3 is 2.05 bits per heavy atom. The van der Waals surface area contributed by atoms with E-state index in [1.165, 1.54) is 0 Å². The number of nitrogens with zero attached hydrogens (tertiary/aromatic N) is 1. The highest BCUT2D eigenvalue weighted by atomic mass is 16.1. The second kappa shape index (κ2) is 5.48. The Kier molecular flexibility index (Phi) is 4.59. The molecule has 0 atom stereocenters. The molecule has 1 rings (SSSR count). The molecule has 0 aromatic carbocycles. The summed E-state index contributed by atoms with van der Waals surface area (Å²) in [5.41, 5.74) is 1.48. The normalized spacial score (nSPS) is 12.8. The van der Waals surface area contributed by atoms with Crippen LogP contribution in [0.15, 0.2) is 4.79 Å². The smallest absolute Gasteiger partial charge is 0.254 e. The van der Waals surface area contributed by atoms with Crippen LogP contribution in [-0.4, -0.2) is 9.97 Å². The predicted octanol–water partition coefficient (Wildman–Crippen LogP) is 3.71. The molecular weight excluding hydrogens is 236 g/mol. The Morgan fingerprint density at radius 2 is 1.63 bits per heavy atom. The maximum Gasteiger partial charge on any atom is 0.254 e. The first-order chi connectivity index (χ1) is 8.57. The maximum absolute atomic E-state index is 12.4. The number of unbranched alkanes of at least 4 members (excludes halogenated alkanes) is 1. The zero-order chi connectivity index (χ0) is 14.8. The van der Waals surface area contributed by atoms with E-state index >= 15 is 0 Å². The number of H-pyrrole nitrogens is 1. The molecule has 19 heavy (non-hydrogen) atoms. The molecule has 108 valence electrons. The summed E-state index contributed by atoms with van der Waals surface area (Å²) in [4.78, 5) is 20.1. The lowest BCUT2D eigenvalue weighted by Gasteiger charge is -2.28. The maximum atomic E-state index is 12.4. The highest BCUT2D eigenvalue weighted by Crippen LogP contribution is 2.29. The summed E-state index contributed by atoms with van der Waals surface area (Å²) in [7, 11) is 0. The van der Waals surface area contributed by atoms with Crippen LogP contribution in [0.4, 0.5) is 0 Å². The molecule has 0 saturated carbocycles. The quantitative estimate of drug-likeness (QED) is 0.904. The molecule has 0 bridgehead atoms. The van der Waals surface area contributed by atoms with Crippen LogP contribution in [0.25, 0.3) is 0 Å². The van der Waals surface area contributed by atoms with Crippen molar-refractivity contribution in [2.45, 2.75) is 78.6 Å². The number of aryl methyl sites for hydroxylation is 1. The molecule has 0 radical (unpaired) electrons. The average molecular weight is 264 g/mol. The van der Waals surface area contributed by atoms with Crippen LogP contribution in [0.3, 0.4) is 0 Å². The van der Waals surface area contributed by atoms with Gasteiger partial charge in [0.2, 0.25) is 0 Å². The van der Waals surface area contributed by atoms with Crippen molar-refractivity contribution in [1.82, 2.24) is 9.97 Å². The Balaban J connectivity index is 3.45. The van der Waals surface area contributed by atoms with E-state index in [1.54, 1.807) is 0 Å². The molecular formula is C16H28N2O. The van der Waals surface area contributed by atoms with E-state index in [0.717, 1.165) is 36.3 Å². The second-order valence-electron chi connectivity index (χ2n) is 7.34. The van der Waals surface area contributed by atoms with Crippen molar-refractivity contribution in [2.24, 2.45) is 0 Å². The Bertz CT molecular complexity index is 487. The zero-order valence-corrected chi connectivity index (χ0v) is 13.5. The summed E-state index contributed by atoms with van der Waals surface area (Å²) >= 11 is 0. The number of rotatable bonds is 3. The van der Waals surface area contributed by atoms with Crippen molar-refractivity contribution in [3.63, 3.8) is 0 Å². The third-order valence-electron chi connectivity index (χ3n) is 3.20. The van der Waals surface area contributed by atoms with Gasteiger partial charge >= 0.3 is 0 Å². The van der Waals surface area contributed by atoms with Crippen LogP contribution < -0.4 is 5.56 Å². The van der Waals surface area contributed by atoms with E-state index in [2.05, 4.69) is 53.5 Å². The Hall–Kier alpha value is -1.12. The van der Waals surface area contributed by atoms with Crippen molar-refractivity contribution < 1.29 is 0 Å². The fourth-order valence-corrected chi connectivity index (χ4v) is 2.22. The lowest BCUT2D eigenvalue weighted by atomic mass is 9.79. The molecule has 0 spiro atoms. The van der Waals surface area contributed by atoms with Gasteiger partial charge in [0.25, 0.3) is 5.56 Å². The summed E-state index contributed by atoms with van der Waals surface area (Å²) in [5, 5.41) is 0. The molecule has 0 fully saturated rings.